The number of alkyl halides is 1. The predicted molar refractivity (Wildman–Crippen MR) is 62.5 cm³/mol. The third kappa shape index (κ3) is 2.64. The summed E-state index contributed by atoms with van der Waals surface area (Å²) in [6.07, 6.45) is 0.421. The maximum atomic E-state index is 13.8. The summed E-state index contributed by atoms with van der Waals surface area (Å²) >= 11 is 0. The molecular formula is C13H16FNO2. The summed E-state index contributed by atoms with van der Waals surface area (Å²) in [7, 11) is 0. The number of aliphatic hydroxyl groups excluding tert-OH is 1. The highest BCUT2D eigenvalue weighted by Crippen LogP contribution is 2.26. The van der Waals surface area contributed by atoms with Crippen LogP contribution in [0.3, 0.4) is 0 Å². The molecule has 1 aliphatic heterocycles. The summed E-state index contributed by atoms with van der Waals surface area (Å²) < 4.78 is 13.8. The highest BCUT2D eigenvalue weighted by Gasteiger charge is 2.35. The molecule has 1 saturated heterocycles. The molecule has 1 aliphatic rings. The number of hydrogen-bond donors (Lipinski definition) is 1. The Hall–Kier alpha value is -1.42. The van der Waals surface area contributed by atoms with Gasteiger partial charge in [-0.05, 0) is 12.1 Å². The fraction of sp³-hybridized carbons (Fsp3) is 0.462. The van der Waals surface area contributed by atoms with Gasteiger partial charge in [0.2, 0.25) is 0 Å². The minimum Gasteiger partial charge on any atom is -0.393 e. The van der Waals surface area contributed by atoms with E-state index in [0.717, 1.165) is 0 Å². The van der Waals surface area contributed by atoms with Crippen molar-refractivity contribution in [2.45, 2.75) is 18.5 Å². The number of piperidine rings is 1. The lowest BCUT2D eigenvalue weighted by molar-refractivity contribution is 0.00992. The fourth-order valence-electron chi connectivity index (χ4n) is 2.03. The number of amides is 1. The number of benzene rings is 1. The summed E-state index contributed by atoms with van der Waals surface area (Å²) in [6, 6.07) is 8.98. The van der Waals surface area contributed by atoms with E-state index >= 15 is 0 Å². The Bertz CT molecular complexity index is 386. The van der Waals surface area contributed by atoms with Gasteiger partial charge in [-0.2, -0.15) is 0 Å². The van der Waals surface area contributed by atoms with Crippen molar-refractivity contribution in [2.24, 2.45) is 0 Å². The van der Waals surface area contributed by atoms with E-state index in [0.29, 0.717) is 18.7 Å². The second-order valence-corrected chi connectivity index (χ2v) is 4.47. The standard InChI is InChI=1S/C13H16FNO2/c14-13(10-16)6-8-15(9-7-13)12(17)11-4-2-1-3-5-11/h1-5,16H,6-10H2. The number of nitrogens with zero attached hydrogens (tertiary/aromatic N) is 1. The van der Waals surface area contributed by atoms with Crippen molar-refractivity contribution in [3.8, 4) is 0 Å². The molecule has 0 radical (unpaired) electrons. The summed E-state index contributed by atoms with van der Waals surface area (Å²) in [4.78, 5) is 13.7. The van der Waals surface area contributed by atoms with Crippen LogP contribution in [0.4, 0.5) is 4.39 Å². The monoisotopic (exact) mass is 237 g/mol. The SMILES string of the molecule is O=C(c1ccccc1)N1CCC(F)(CO)CC1. The zero-order valence-corrected chi connectivity index (χ0v) is 9.60. The van der Waals surface area contributed by atoms with E-state index < -0.39 is 12.3 Å². The van der Waals surface area contributed by atoms with Crippen molar-refractivity contribution < 1.29 is 14.3 Å². The molecule has 0 bridgehead atoms. The van der Waals surface area contributed by atoms with Gasteiger partial charge in [0, 0.05) is 31.5 Å². The number of halogens is 1. The molecule has 1 N–H and O–H groups in total. The lowest BCUT2D eigenvalue weighted by Crippen LogP contribution is -2.46. The van der Waals surface area contributed by atoms with E-state index in [9.17, 15) is 9.18 Å². The number of rotatable bonds is 2. The molecule has 3 nitrogen and oxygen atoms in total. The Balaban J connectivity index is 2.00. The maximum Gasteiger partial charge on any atom is 0.253 e. The molecule has 0 unspecified atom stereocenters. The van der Waals surface area contributed by atoms with Crippen LogP contribution in [0.25, 0.3) is 0 Å². The number of carbonyl (C=O) groups excluding carboxylic acids is 1. The van der Waals surface area contributed by atoms with Gasteiger partial charge in [-0.1, -0.05) is 18.2 Å². The summed E-state index contributed by atoms with van der Waals surface area (Å²) in [5.41, 5.74) is -0.879. The van der Waals surface area contributed by atoms with Crippen molar-refractivity contribution >= 4 is 5.91 Å². The molecule has 92 valence electrons. The predicted octanol–water partition coefficient (Wildman–Crippen LogP) is 1.62. The second kappa shape index (κ2) is 4.84. The van der Waals surface area contributed by atoms with E-state index in [4.69, 9.17) is 5.11 Å². The van der Waals surface area contributed by atoms with Crippen LogP contribution in [0.2, 0.25) is 0 Å². The lowest BCUT2D eigenvalue weighted by Gasteiger charge is -2.35. The molecule has 0 saturated carbocycles. The quantitative estimate of drug-likeness (QED) is 0.849. The van der Waals surface area contributed by atoms with E-state index in [1.807, 2.05) is 18.2 Å². The Morgan fingerprint density at radius 1 is 1.29 bits per heavy atom. The maximum absolute atomic E-state index is 13.8. The van der Waals surface area contributed by atoms with Crippen LogP contribution in [0.5, 0.6) is 0 Å². The first-order valence-corrected chi connectivity index (χ1v) is 5.79. The lowest BCUT2D eigenvalue weighted by atomic mass is 9.94. The van der Waals surface area contributed by atoms with Crippen molar-refractivity contribution in [2.75, 3.05) is 19.7 Å². The highest BCUT2D eigenvalue weighted by atomic mass is 19.1. The van der Waals surface area contributed by atoms with Gasteiger partial charge in [0.15, 0.2) is 0 Å². The molecule has 1 heterocycles. The average molecular weight is 237 g/mol. The molecule has 0 aromatic heterocycles. The molecular weight excluding hydrogens is 221 g/mol. The number of hydrogen-bond acceptors (Lipinski definition) is 2. The molecule has 17 heavy (non-hydrogen) atoms. The summed E-state index contributed by atoms with van der Waals surface area (Å²) in [5, 5.41) is 8.91. The Kier molecular flexibility index (Phi) is 3.43. The zero-order chi connectivity index (χ0) is 12.3. The summed E-state index contributed by atoms with van der Waals surface area (Å²) in [5.74, 6) is -0.0643. The number of likely N-dealkylation sites (tertiary alicyclic amines) is 1. The van der Waals surface area contributed by atoms with Crippen LogP contribution in [0, 0.1) is 0 Å². The average Bonchev–Trinajstić information content (AvgIpc) is 2.40. The molecule has 0 spiro atoms. The van der Waals surface area contributed by atoms with Gasteiger partial charge in [0.1, 0.15) is 5.67 Å². The topological polar surface area (TPSA) is 40.5 Å². The molecule has 0 atom stereocenters. The minimum atomic E-state index is -1.51. The smallest absolute Gasteiger partial charge is 0.253 e. The van der Waals surface area contributed by atoms with Crippen molar-refractivity contribution in [1.29, 1.82) is 0 Å². The zero-order valence-electron chi connectivity index (χ0n) is 9.60. The third-order valence-corrected chi connectivity index (χ3v) is 3.25. The summed E-state index contributed by atoms with van der Waals surface area (Å²) in [6.45, 7) is 0.274. The van der Waals surface area contributed by atoms with Crippen LogP contribution in [-0.4, -0.2) is 41.3 Å². The first-order chi connectivity index (χ1) is 8.14. The van der Waals surface area contributed by atoms with Crippen LogP contribution < -0.4 is 0 Å². The largest absolute Gasteiger partial charge is 0.393 e. The van der Waals surface area contributed by atoms with Crippen LogP contribution >= 0.6 is 0 Å². The van der Waals surface area contributed by atoms with Gasteiger partial charge in [0.25, 0.3) is 5.91 Å². The first-order valence-electron chi connectivity index (χ1n) is 5.79. The Morgan fingerprint density at radius 2 is 1.88 bits per heavy atom. The fourth-order valence-corrected chi connectivity index (χ4v) is 2.03. The van der Waals surface area contributed by atoms with Crippen molar-refractivity contribution in [1.82, 2.24) is 4.90 Å². The molecule has 1 aromatic rings. The molecule has 0 aliphatic carbocycles. The molecule has 1 amide bonds. The van der Waals surface area contributed by atoms with Gasteiger partial charge < -0.3 is 10.0 Å². The van der Waals surface area contributed by atoms with Crippen molar-refractivity contribution in [3.05, 3.63) is 35.9 Å². The first kappa shape index (κ1) is 12.0. The van der Waals surface area contributed by atoms with Gasteiger partial charge in [0.05, 0.1) is 6.61 Å². The van der Waals surface area contributed by atoms with Gasteiger partial charge in [-0.15, -0.1) is 0 Å². The van der Waals surface area contributed by atoms with Gasteiger partial charge in [-0.3, -0.25) is 4.79 Å². The van der Waals surface area contributed by atoms with Gasteiger partial charge in [-0.25, -0.2) is 4.39 Å². The van der Waals surface area contributed by atoms with E-state index in [1.54, 1.807) is 17.0 Å². The van der Waals surface area contributed by atoms with Gasteiger partial charge >= 0.3 is 0 Å². The second-order valence-electron chi connectivity index (χ2n) is 4.47. The Morgan fingerprint density at radius 3 is 2.41 bits per heavy atom. The molecule has 4 heteroatoms. The number of aliphatic hydroxyl groups is 1. The van der Waals surface area contributed by atoms with E-state index in [-0.39, 0.29) is 18.7 Å². The normalized spacial score (nSPS) is 19.1. The van der Waals surface area contributed by atoms with E-state index in [1.165, 1.54) is 0 Å². The molecule has 2 rings (SSSR count). The van der Waals surface area contributed by atoms with Crippen LogP contribution in [0.1, 0.15) is 23.2 Å². The van der Waals surface area contributed by atoms with Crippen LogP contribution in [-0.2, 0) is 0 Å². The van der Waals surface area contributed by atoms with Crippen LogP contribution in [0.15, 0.2) is 30.3 Å². The molecule has 1 aromatic carbocycles. The Labute approximate surface area is 99.9 Å². The van der Waals surface area contributed by atoms with E-state index in [2.05, 4.69) is 0 Å². The number of carbonyl (C=O) groups is 1. The van der Waals surface area contributed by atoms with Crippen molar-refractivity contribution in [3.63, 3.8) is 0 Å². The minimum absolute atomic E-state index is 0.0643. The molecule has 1 fully saturated rings. The highest BCUT2D eigenvalue weighted by molar-refractivity contribution is 5.94. The third-order valence-electron chi connectivity index (χ3n) is 3.25.